The number of likely N-dealkylation sites (tertiary alicyclic amines) is 1. The second-order valence-corrected chi connectivity index (χ2v) is 5.30. The van der Waals surface area contributed by atoms with Crippen LogP contribution >= 0.6 is 0 Å². The zero-order valence-corrected chi connectivity index (χ0v) is 10.9. The topological polar surface area (TPSA) is 20.3 Å². The van der Waals surface area contributed by atoms with Crippen molar-refractivity contribution in [2.75, 3.05) is 13.1 Å². The summed E-state index contributed by atoms with van der Waals surface area (Å²) in [5, 5.41) is 0. The molecule has 0 aliphatic carbocycles. The summed E-state index contributed by atoms with van der Waals surface area (Å²) in [5.41, 5.74) is 2.03. The lowest BCUT2D eigenvalue weighted by Crippen LogP contribution is -2.37. The van der Waals surface area contributed by atoms with Gasteiger partial charge < -0.3 is 0 Å². The standard InChI is InChI=1S/C15H21NO/c1-11-4-6-14(7-5-11)15(17)13(3)16-9-8-12(2)10-16/h4-7,12-13H,8-10H2,1-3H3. The van der Waals surface area contributed by atoms with Gasteiger partial charge in [0.15, 0.2) is 5.78 Å². The first-order chi connectivity index (χ1) is 8.08. The normalized spacial score (nSPS) is 22.6. The Labute approximate surface area is 104 Å². The summed E-state index contributed by atoms with van der Waals surface area (Å²) < 4.78 is 0. The first-order valence-electron chi connectivity index (χ1n) is 6.43. The predicted molar refractivity (Wildman–Crippen MR) is 70.3 cm³/mol. The van der Waals surface area contributed by atoms with Crippen LogP contribution in [0.3, 0.4) is 0 Å². The van der Waals surface area contributed by atoms with E-state index in [0.29, 0.717) is 0 Å². The molecule has 1 aromatic rings. The van der Waals surface area contributed by atoms with Crippen molar-refractivity contribution < 1.29 is 4.79 Å². The number of rotatable bonds is 3. The number of carbonyl (C=O) groups is 1. The Kier molecular flexibility index (Phi) is 3.63. The molecule has 2 rings (SSSR count). The van der Waals surface area contributed by atoms with Gasteiger partial charge in [0.05, 0.1) is 6.04 Å². The summed E-state index contributed by atoms with van der Waals surface area (Å²) in [6.45, 7) is 8.43. The third-order valence-electron chi connectivity index (χ3n) is 3.72. The van der Waals surface area contributed by atoms with E-state index in [1.165, 1.54) is 12.0 Å². The van der Waals surface area contributed by atoms with E-state index in [2.05, 4.69) is 11.8 Å². The minimum atomic E-state index is 0.0163. The number of aryl methyl sites for hydroxylation is 1. The van der Waals surface area contributed by atoms with E-state index in [9.17, 15) is 4.79 Å². The van der Waals surface area contributed by atoms with Crippen molar-refractivity contribution in [1.29, 1.82) is 0 Å². The summed E-state index contributed by atoms with van der Waals surface area (Å²) in [4.78, 5) is 14.6. The van der Waals surface area contributed by atoms with Crippen LogP contribution < -0.4 is 0 Å². The minimum Gasteiger partial charge on any atom is -0.293 e. The fourth-order valence-corrected chi connectivity index (χ4v) is 2.45. The Hall–Kier alpha value is -1.15. The molecule has 0 N–H and O–H groups in total. The molecule has 1 heterocycles. The molecule has 2 heteroatoms. The molecule has 1 saturated heterocycles. The second kappa shape index (κ2) is 5.01. The van der Waals surface area contributed by atoms with Gasteiger partial charge in [-0.25, -0.2) is 0 Å². The SMILES string of the molecule is Cc1ccc(C(=O)C(C)N2CCC(C)C2)cc1. The molecule has 1 aromatic carbocycles. The van der Waals surface area contributed by atoms with E-state index in [1.807, 2.05) is 38.1 Å². The van der Waals surface area contributed by atoms with Crippen LogP contribution in [0.1, 0.15) is 36.2 Å². The first kappa shape index (κ1) is 12.3. The summed E-state index contributed by atoms with van der Waals surface area (Å²) in [6.07, 6.45) is 1.21. The molecule has 0 spiro atoms. The van der Waals surface area contributed by atoms with Gasteiger partial charge >= 0.3 is 0 Å². The van der Waals surface area contributed by atoms with Crippen molar-refractivity contribution >= 4 is 5.78 Å². The molecular formula is C15H21NO. The zero-order chi connectivity index (χ0) is 12.4. The maximum absolute atomic E-state index is 12.3. The molecule has 92 valence electrons. The number of nitrogens with zero attached hydrogens (tertiary/aromatic N) is 1. The van der Waals surface area contributed by atoms with E-state index in [1.54, 1.807) is 0 Å². The highest BCUT2D eigenvalue weighted by atomic mass is 16.1. The van der Waals surface area contributed by atoms with Crippen LogP contribution in [-0.4, -0.2) is 29.8 Å². The van der Waals surface area contributed by atoms with Crippen molar-refractivity contribution in [2.45, 2.75) is 33.2 Å². The molecule has 17 heavy (non-hydrogen) atoms. The Morgan fingerprint density at radius 1 is 1.35 bits per heavy atom. The molecule has 2 unspecified atom stereocenters. The Balaban J connectivity index is 2.06. The lowest BCUT2D eigenvalue weighted by Gasteiger charge is -2.22. The fourth-order valence-electron chi connectivity index (χ4n) is 2.45. The zero-order valence-electron chi connectivity index (χ0n) is 10.9. The molecule has 0 bridgehead atoms. The molecule has 2 atom stereocenters. The highest BCUT2D eigenvalue weighted by Crippen LogP contribution is 2.20. The van der Waals surface area contributed by atoms with E-state index >= 15 is 0 Å². The van der Waals surface area contributed by atoms with Gasteiger partial charge in [-0.15, -0.1) is 0 Å². The van der Waals surface area contributed by atoms with Gasteiger partial charge in [-0.1, -0.05) is 36.8 Å². The smallest absolute Gasteiger partial charge is 0.179 e. The second-order valence-electron chi connectivity index (χ2n) is 5.30. The van der Waals surface area contributed by atoms with Crippen LogP contribution in [0.4, 0.5) is 0 Å². The van der Waals surface area contributed by atoms with E-state index in [4.69, 9.17) is 0 Å². The third kappa shape index (κ3) is 2.75. The predicted octanol–water partition coefficient (Wildman–Crippen LogP) is 2.91. The highest BCUT2D eigenvalue weighted by molar-refractivity contribution is 5.99. The van der Waals surface area contributed by atoms with Crippen LogP contribution in [-0.2, 0) is 0 Å². The first-order valence-corrected chi connectivity index (χ1v) is 6.43. The number of ketones is 1. The van der Waals surface area contributed by atoms with Gasteiger partial charge in [0, 0.05) is 12.1 Å². The maximum Gasteiger partial charge on any atom is 0.179 e. The average molecular weight is 231 g/mol. The van der Waals surface area contributed by atoms with Crippen molar-refractivity contribution in [2.24, 2.45) is 5.92 Å². The molecule has 0 amide bonds. The van der Waals surface area contributed by atoms with Crippen molar-refractivity contribution in [3.8, 4) is 0 Å². The Bertz CT molecular complexity index is 396. The number of benzene rings is 1. The highest BCUT2D eigenvalue weighted by Gasteiger charge is 2.27. The van der Waals surface area contributed by atoms with Crippen LogP contribution in [0.2, 0.25) is 0 Å². The number of Topliss-reactive ketones (excluding diaryl/α,β-unsaturated/α-hetero) is 1. The summed E-state index contributed by atoms with van der Waals surface area (Å²) in [7, 11) is 0. The molecule has 0 radical (unpaired) electrons. The Morgan fingerprint density at radius 3 is 2.53 bits per heavy atom. The average Bonchev–Trinajstić information content (AvgIpc) is 2.75. The fraction of sp³-hybridized carbons (Fsp3) is 0.533. The largest absolute Gasteiger partial charge is 0.293 e. The molecule has 2 nitrogen and oxygen atoms in total. The van der Waals surface area contributed by atoms with E-state index < -0.39 is 0 Å². The molecule has 1 fully saturated rings. The van der Waals surface area contributed by atoms with Crippen LogP contribution in [0.25, 0.3) is 0 Å². The van der Waals surface area contributed by atoms with E-state index in [0.717, 1.165) is 24.6 Å². The summed E-state index contributed by atoms with van der Waals surface area (Å²) in [6, 6.07) is 7.91. The number of hydrogen-bond donors (Lipinski definition) is 0. The van der Waals surface area contributed by atoms with E-state index in [-0.39, 0.29) is 11.8 Å². The van der Waals surface area contributed by atoms with Gasteiger partial charge in [-0.05, 0) is 32.7 Å². The van der Waals surface area contributed by atoms with Crippen LogP contribution in [0, 0.1) is 12.8 Å². The number of hydrogen-bond acceptors (Lipinski definition) is 2. The van der Waals surface area contributed by atoms with Gasteiger partial charge in [-0.2, -0.15) is 0 Å². The van der Waals surface area contributed by atoms with Crippen molar-refractivity contribution in [3.05, 3.63) is 35.4 Å². The molecule has 0 aromatic heterocycles. The molecular weight excluding hydrogens is 210 g/mol. The van der Waals surface area contributed by atoms with Crippen molar-refractivity contribution in [3.63, 3.8) is 0 Å². The molecule has 1 aliphatic heterocycles. The van der Waals surface area contributed by atoms with Crippen molar-refractivity contribution in [1.82, 2.24) is 4.90 Å². The van der Waals surface area contributed by atoms with Gasteiger partial charge in [0.2, 0.25) is 0 Å². The van der Waals surface area contributed by atoms with Gasteiger partial charge in [-0.3, -0.25) is 9.69 Å². The maximum atomic E-state index is 12.3. The quantitative estimate of drug-likeness (QED) is 0.745. The van der Waals surface area contributed by atoms with Gasteiger partial charge in [0.25, 0.3) is 0 Å². The lowest BCUT2D eigenvalue weighted by atomic mass is 10.0. The third-order valence-corrected chi connectivity index (χ3v) is 3.72. The number of carbonyl (C=O) groups excluding carboxylic acids is 1. The van der Waals surface area contributed by atoms with Crippen LogP contribution in [0.15, 0.2) is 24.3 Å². The summed E-state index contributed by atoms with van der Waals surface area (Å²) in [5.74, 6) is 0.974. The van der Waals surface area contributed by atoms with Crippen LogP contribution in [0.5, 0.6) is 0 Å². The lowest BCUT2D eigenvalue weighted by molar-refractivity contribution is 0.0863. The minimum absolute atomic E-state index is 0.0163. The summed E-state index contributed by atoms with van der Waals surface area (Å²) >= 11 is 0. The monoisotopic (exact) mass is 231 g/mol. The molecule has 1 aliphatic rings. The Morgan fingerprint density at radius 2 is 2.00 bits per heavy atom. The van der Waals surface area contributed by atoms with Gasteiger partial charge in [0.1, 0.15) is 0 Å². The molecule has 0 saturated carbocycles.